The molecule has 0 amide bonds. The number of benzene rings is 1. The molecule has 0 saturated heterocycles. The predicted molar refractivity (Wildman–Crippen MR) is 87.3 cm³/mol. The second kappa shape index (κ2) is 5.91. The van der Waals surface area contributed by atoms with Gasteiger partial charge in [-0.05, 0) is 32.0 Å². The van der Waals surface area contributed by atoms with Crippen LogP contribution < -0.4 is 10.4 Å². The standard InChI is InChI=1S/C18H18O7/c1-9(19)22-16-14-12(25-18(3,4)17(16)23-10(2)20)7-5-11-6-8-13(21)24-15(11)14/h5-8,16-17H,1-4H3/t16-,17-/m0/s1. The first-order chi connectivity index (χ1) is 11.7. The number of hydrogen-bond acceptors (Lipinski definition) is 7. The van der Waals surface area contributed by atoms with Crippen molar-refractivity contribution in [2.24, 2.45) is 0 Å². The van der Waals surface area contributed by atoms with Crippen molar-refractivity contribution in [1.82, 2.24) is 0 Å². The second-order valence-corrected chi connectivity index (χ2v) is 6.42. The number of esters is 2. The fourth-order valence-electron chi connectivity index (χ4n) is 3.03. The van der Waals surface area contributed by atoms with Crippen LogP contribution in [-0.4, -0.2) is 23.6 Å². The van der Waals surface area contributed by atoms with Crippen molar-refractivity contribution in [3.8, 4) is 5.75 Å². The van der Waals surface area contributed by atoms with Crippen molar-refractivity contribution in [2.75, 3.05) is 0 Å². The quantitative estimate of drug-likeness (QED) is 0.609. The Bertz CT molecular complexity index is 909. The van der Waals surface area contributed by atoms with Crippen LogP contribution >= 0.6 is 0 Å². The van der Waals surface area contributed by atoms with Gasteiger partial charge < -0.3 is 18.6 Å². The van der Waals surface area contributed by atoms with Crippen LogP contribution in [0.1, 0.15) is 39.4 Å². The molecule has 1 aromatic heterocycles. The zero-order valence-corrected chi connectivity index (χ0v) is 14.3. The van der Waals surface area contributed by atoms with Crippen LogP contribution in [0.3, 0.4) is 0 Å². The highest BCUT2D eigenvalue weighted by molar-refractivity contribution is 5.83. The Hall–Kier alpha value is -2.83. The number of ether oxygens (including phenoxy) is 3. The summed E-state index contributed by atoms with van der Waals surface area (Å²) in [5, 5.41) is 0.639. The summed E-state index contributed by atoms with van der Waals surface area (Å²) in [4.78, 5) is 34.9. The predicted octanol–water partition coefficient (Wildman–Crippen LogP) is 2.50. The molecule has 0 unspecified atom stereocenters. The van der Waals surface area contributed by atoms with Crippen molar-refractivity contribution < 1.29 is 28.2 Å². The van der Waals surface area contributed by atoms with Crippen LogP contribution in [0.15, 0.2) is 33.5 Å². The van der Waals surface area contributed by atoms with Gasteiger partial charge in [-0.15, -0.1) is 0 Å². The first kappa shape index (κ1) is 17.0. The first-order valence-corrected chi connectivity index (χ1v) is 7.79. The Balaban J connectivity index is 2.28. The Morgan fingerprint density at radius 3 is 2.32 bits per heavy atom. The minimum absolute atomic E-state index is 0.240. The lowest BCUT2D eigenvalue weighted by Crippen LogP contribution is -2.52. The normalized spacial score (nSPS) is 21.1. The van der Waals surface area contributed by atoms with Crippen LogP contribution in [0, 0.1) is 0 Å². The summed E-state index contributed by atoms with van der Waals surface area (Å²) in [7, 11) is 0. The molecule has 132 valence electrons. The van der Waals surface area contributed by atoms with Gasteiger partial charge in [-0.3, -0.25) is 9.59 Å². The Labute approximate surface area is 143 Å². The number of hydrogen-bond donors (Lipinski definition) is 0. The minimum atomic E-state index is -0.964. The fraction of sp³-hybridized carbons (Fsp3) is 0.389. The van der Waals surface area contributed by atoms with Gasteiger partial charge in [0.1, 0.15) is 16.9 Å². The third-order valence-corrected chi connectivity index (χ3v) is 3.99. The number of carbonyl (C=O) groups is 2. The van der Waals surface area contributed by atoms with Gasteiger partial charge in [-0.25, -0.2) is 4.79 Å². The maximum Gasteiger partial charge on any atom is 0.336 e. The third-order valence-electron chi connectivity index (χ3n) is 3.99. The average molecular weight is 346 g/mol. The molecule has 0 bridgehead atoms. The van der Waals surface area contributed by atoms with E-state index in [1.165, 1.54) is 19.9 Å². The van der Waals surface area contributed by atoms with E-state index in [2.05, 4.69) is 0 Å². The van der Waals surface area contributed by atoms with E-state index in [1.54, 1.807) is 32.0 Å². The van der Waals surface area contributed by atoms with Gasteiger partial charge in [0.15, 0.2) is 12.2 Å². The molecule has 0 fully saturated rings. The van der Waals surface area contributed by atoms with Crippen molar-refractivity contribution in [3.05, 3.63) is 40.2 Å². The SMILES string of the molecule is CC(=O)O[C@H]1c2c(ccc3ccc(=O)oc23)OC(C)(C)[C@H]1OC(C)=O. The molecule has 1 aliphatic heterocycles. The molecule has 0 radical (unpaired) electrons. The Kier molecular flexibility index (Phi) is 4.02. The lowest BCUT2D eigenvalue weighted by atomic mass is 9.87. The summed E-state index contributed by atoms with van der Waals surface area (Å²) in [6.45, 7) is 5.98. The lowest BCUT2D eigenvalue weighted by Gasteiger charge is -2.43. The van der Waals surface area contributed by atoms with E-state index in [0.29, 0.717) is 16.7 Å². The van der Waals surface area contributed by atoms with Gasteiger partial charge in [0.05, 0.1) is 5.56 Å². The van der Waals surface area contributed by atoms with Gasteiger partial charge in [0.25, 0.3) is 0 Å². The van der Waals surface area contributed by atoms with Crippen molar-refractivity contribution in [3.63, 3.8) is 0 Å². The van der Waals surface area contributed by atoms with Gasteiger partial charge in [0, 0.05) is 25.3 Å². The second-order valence-electron chi connectivity index (χ2n) is 6.42. The average Bonchev–Trinajstić information content (AvgIpc) is 2.49. The van der Waals surface area contributed by atoms with Crippen molar-refractivity contribution in [1.29, 1.82) is 0 Å². The molecule has 2 heterocycles. The summed E-state index contributed by atoms with van der Waals surface area (Å²) >= 11 is 0. The minimum Gasteiger partial charge on any atom is -0.483 e. The smallest absolute Gasteiger partial charge is 0.336 e. The van der Waals surface area contributed by atoms with E-state index < -0.39 is 35.4 Å². The van der Waals surface area contributed by atoms with E-state index in [4.69, 9.17) is 18.6 Å². The molecule has 7 heteroatoms. The van der Waals surface area contributed by atoms with Crippen LogP contribution in [-0.2, 0) is 19.1 Å². The third kappa shape index (κ3) is 3.09. The zero-order chi connectivity index (χ0) is 18.4. The zero-order valence-electron chi connectivity index (χ0n) is 14.3. The molecule has 0 N–H and O–H groups in total. The van der Waals surface area contributed by atoms with E-state index >= 15 is 0 Å². The fourth-order valence-corrected chi connectivity index (χ4v) is 3.03. The van der Waals surface area contributed by atoms with Crippen molar-refractivity contribution in [2.45, 2.75) is 45.5 Å². The highest BCUT2D eigenvalue weighted by Crippen LogP contribution is 2.46. The van der Waals surface area contributed by atoms with Crippen LogP contribution in [0.4, 0.5) is 0 Å². The monoisotopic (exact) mass is 346 g/mol. The van der Waals surface area contributed by atoms with Gasteiger partial charge in [-0.2, -0.15) is 0 Å². The van der Waals surface area contributed by atoms with Gasteiger partial charge in [-0.1, -0.05) is 0 Å². The van der Waals surface area contributed by atoms with E-state index in [-0.39, 0.29) is 5.58 Å². The topological polar surface area (TPSA) is 92.0 Å². The Morgan fingerprint density at radius 1 is 1.04 bits per heavy atom. The molecular formula is C18H18O7. The highest BCUT2D eigenvalue weighted by atomic mass is 16.6. The number of carbonyl (C=O) groups excluding carboxylic acids is 2. The van der Waals surface area contributed by atoms with E-state index in [1.807, 2.05) is 0 Å². The van der Waals surface area contributed by atoms with Gasteiger partial charge in [0.2, 0.25) is 0 Å². The molecule has 0 saturated carbocycles. The summed E-state index contributed by atoms with van der Waals surface area (Å²) in [6.07, 6.45) is -1.87. The molecule has 2 atom stereocenters. The van der Waals surface area contributed by atoms with E-state index in [9.17, 15) is 14.4 Å². The molecule has 1 aromatic carbocycles. The van der Waals surface area contributed by atoms with Crippen molar-refractivity contribution >= 4 is 22.9 Å². The number of rotatable bonds is 2. The summed E-state index contributed by atoms with van der Waals surface area (Å²) in [6, 6.07) is 6.35. The summed E-state index contributed by atoms with van der Waals surface area (Å²) in [5.74, 6) is -0.688. The molecule has 0 spiro atoms. The maximum absolute atomic E-state index is 11.7. The molecule has 2 aromatic rings. The molecule has 1 aliphatic rings. The summed E-state index contributed by atoms with van der Waals surface area (Å²) < 4.78 is 22.1. The molecule has 3 rings (SSSR count). The lowest BCUT2D eigenvalue weighted by molar-refractivity contribution is -0.187. The molecular weight excluding hydrogens is 328 g/mol. The summed E-state index contributed by atoms with van der Waals surface area (Å²) in [5.41, 5.74) is -0.891. The van der Waals surface area contributed by atoms with Crippen LogP contribution in [0.2, 0.25) is 0 Å². The molecule has 25 heavy (non-hydrogen) atoms. The van der Waals surface area contributed by atoms with Crippen LogP contribution in [0.25, 0.3) is 11.0 Å². The molecule has 7 nitrogen and oxygen atoms in total. The number of fused-ring (bicyclic) bond motifs is 3. The van der Waals surface area contributed by atoms with Gasteiger partial charge >= 0.3 is 17.6 Å². The first-order valence-electron chi connectivity index (χ1n) is 7.79. The molecule has 0 aliphatic carbocycles. The highest BCUT2D eigenvalue weighted by Gasteiger charge is 2.49. The van der Waals surface area contributed by atoms with Crippen LogP contribution in [0.5, 0.6) is 5.75 Å². The Morgan fingerprint density at radius 2 is 1.68 bits per heavy atom. The largest absolute Gasteiger partial charge is 0.483 e. The van der Waals surface area contributed by atoms with E-state index in [0.717, 1.165) is 0 Å². The maximum atomic E-state index is 11.7.